The van der Waals surface area contributed by atoms with Crippen LogP contribution in [0, 0.1) is 13.8 Å². The van der Waals surface area contributed by atoms with E-state index in [1.165, 1.54) is 16.7 Å². The molecule has 3 rings (SSSR count). The molecule has 0 amide bonds. The molecular weight excluding hydrogens is 258 g/mol. The molecule has 1 aromatic heterocycles. The van der Waals surface area contributed by atoms with Gasteiger partial charge in [0, 0.05) is 5.56 Å². The van der Waals surface area contributed by atoms with Crippen LogP contribution in [0.15, 0.2) is 40.8 Å². The van der Waals surface area contributed by atoms with Crippen LogP contribution in [0.4, 0.5) is 0 Å². The zero-order chi connectivity index (χ0) is 15.2. The number of nitrogens with zero attached hydrogens (tertiary/aromatic N) is 1. The summed E-state index contributed by atoms with van der Waals surface area (Å²) in [6.07, 6.45) is 0. The summed E-state index contributed by atoms with van der Waals surface area (Å²) in [6, 6.07) is 12.7. The lowest BCUT2D eigenvalue weighted by Gasteiger charge is -2.18. The van der Waals surface area contributed by atoms with E-state index in [0.717, 1.165) is 16.7 Å². The lowest BCUT2D eigenvalue weighted by molar-refractivity contribution is 0.590. The number of aryl methyl sites for hydroxylation is 2. The van der Waals surface area contributed by atoms with Crippen molar-refractivity contribution in [2.45, 2.75) is 40.0 Å². The molecule has 0 aliphatic heterocycles. The van der Waals surface area contributed by atoms with Gasteiger partial charge < -0.3 is 4.42 Å². The molecular formula is C19H21NO. The van der Waals surface area contributed by atoms with E-state index in [1.54, 1.807) is 0 Å². The molecule has 0 saturated heterocycles. The van der Waals surface area contributed by atoms with Crippen molar-refractivity contribution in [1.82, 2.24) is 4.98 Å². The number of aromatic nitrogens is 1. The maximum atomic E-state index is 5.92. The molecule has 0 radical (unpaired) electrons. The largest absolute Gasteiger partial charge is 0.436 e. The van der Waals surface area contributed by atoms with Crippen molar-refractivity contribution in [3.63, 3.8) is 0 Å². The lowest BCUT2D eigenvalue weighted by atomic mass is 9.87. The van der Waals surface area contributed by atoms with Crippen LogP contribution < -0.4 is 0 Å². The van der Waals surface area contributed by atoms with Crippen LogP contribution in [0.5, 0.6) is 0 Å². The minimum atomic E-state index is 0.118. The minimum absolute atomic E-state index is 0.118. The summed E-state index contributed by atoms with van der Waals surface area (Å²) in [4.78, 5) is 4.67. The summed E-state index contributed by atoms with van der Waals surface area (Å²) in [6.45, 7) is 10.8. The van der Waals surface area contributed by atoms with Crippen molar-refractivity contribution in [2.75, 3.05) is 0 Å². The fourth-order valence-corrected chi connectivity index (χ4v) is 2.62. The highest BCUT2D eigenvalue weighted by Crippen LogP contribution is 2.29. The molecule has 0 unspecified atom stereocenters. The van der Waals surface area contributed by atoms with E-state index in [1.807, 2.05) is 6.07 Å². The number of hydrogen-bond acceptors (Lipinski definition) is 2. The Hall–Kier alpha value is -2.09. The van der Waals surface area contributed by atoms with Crippen molar-refractivity contribution < 1.29 is 4.42 Å². The lowest BCUT2D eigenvalue weighted by Crippen LogP contribution is -2.10. The highest BCUT2D eigenvalue weighted by molar-refractivity contribution is 5.77. The van der Waals surface area contributed by atoms with Crippen LogP contribution >= 0.6 is 0 Å². The van der Waals surface area contributed by atoms with Gasteiger partial charge in [-0.05, 0) is 49.1 Å². The molecule has 0 bridgehead atoms. The first kappa shape index (κ1) is 13.9. The Morgan fingerprint density at radius 1 is 0.905 bits per heavy atom. The molecule has 0 atom stereocenters. The molecule has 0 fully saturated rings. The Bertz CT molecular complexity index is 786. The van der Waals surface area contributed by atoms with Gasteiger partial charge in [-0.3, -0.25) is 0 Å². The maximum absolute atomic E-state index is 5.92. The Kier molecular flexibility index (Phi) is 3.12. The summed E-state index contributed by atoms with van der Waals surface area (Å²) < 4.78 is 5.92. The van der Waals surface area contributed by atoms with Gasteiger partial charge in [-0.1, -0.05) is 44.0 Å². The van der Waals surface area contributed by atoms with Crippen LogP contribution in [-0.2, 0) is 5.41 Å². The second kappa shape index (κ2) is 4.73. The second-order valence-electron chi connectivity index (χ2n) is 6.83. The van der Waals surface area contributed by atoms with Gasteiger partial charge in [-0.15, -0.1) is 0 Å². The monoisotopic (exact) mass is 279 g/mol. The third-order valence-corrected chi connectivity index (χ3v) is 3.72. The average molecular weight is 279 g/mol. The number of oxazole rings is 1. The molecule has 0 spiro atoms. The van der Waals surface area contributed by atoms with Crippen molar-refractivity contribution in [2.24, 2.45) is 0 Å². The normalized spacial score (nSPS) is 12.0. The van der Waals surface area contributed by atoms with Crippen molar-refractivity contribution in [1.29, 1.82) is 0 Å². The van der Waals surface area contributed by atoms with E-state index in [2.05, 4.69) is 69.9 Å². The predicted octanol–water partition coefficient (Wildman–Crippen LogP) is 5.41. The molecule has 3 aromatic rings. The molecule has 0 aliphatic carbocycles. The van der Waals surface area contributed by atoms with Gasteiger partial charge >= 0.3 is 0 Å². The molecule has 21 heavy (non-hydrogen) atoms. The van der Waals surface area contributed by atoms with E-state index in [4.69, 9.17) is 4.42 Å². The van der Waals surface area contributed by atoms with Gasteiger partial charge in [-0.2, -0.15) is 0 Å². The van der Waals surface area contributed by atoms with Crippen LogP contribution in [0.25, 0.3) is 22.6 Å². The van der Waals surface area contributed by atoms with Gasteiger partial charge in [0.1, 0.15) is 5.52 Å². The van der Waals surface area contributed by atoms with Gasteiger partial charge in [0.2, 0.25) is 5.89 Å². The number of fused-ring (bicyclic) bond motifs is 1. The van der Waals surface area contributed by atoms with Crippen LogP contribution in [0.1, 0.15) is 37.5 Å². The first-order valence-electron chi connectivity index (χ1n) is 7.33. The van der Waals surface area contributed by atoms with Crippen LogP contribution in [0.3, 0.4) is 0 Å². The summed E-state index contributed by atoms with van der Waals surface area (Å²) >= 11 is 0. The highest BCUT2D eigenvalue weighted by Gasteiger charge is 2.16. The minimum Gasteiger partial charge on any atom is -0.436 e. The van der Waals surface area contributed by atoms with Gasteiger partial charge in [0.15, 0.2) is 5.58 Å². The number of hydrogen-bond donors (Lipinski definition) is 0. The standard InChI is InChI=1S/C19H21NO/c1-12-8-13(2)10-14(9-12)18-20-16-11-15(19(3,4)5)6-7-17(16)21-18/h6-11H,1-5H3. The number of benzene rings is 2. The first-order valence-corrected chi connectivity index (χ1v) is 7.33. The van der Waals surface area contributed by atoms with E-state index in [0.29, 0.717) is 5.89 Å². The highest BCUT2D eigenvalue weighted by atomic mass is 16.3. The fraction of sp³-hybridized carbons (Fsp3) is 0.316. The zero-order valence-electron chi connectivity index (χ0n) is 13.3. The summed E-state index contributed by atoms with van der Waals surface area (Å²) in [5.74, 6) is 0.697. The van der Waals surface area contributed by atoms with E-state index >= 15 is 0 Å². The summed E-state index contributed by atoms with van der Waals surface area (Å²) in [5, 5.41) is 0. The first-order chi connectivity index (χ1) is 9.83. The van der Waals surface area contributed by atoms with Crippen LogP contribution in [-0.4, -0.2) is 4.98 Å². The van der Waals surface area contributed by atoms with Gasteiger partial charge in [0.25, 0.3) is 0 Å². The SMILES string of the molecule is Cc1cc(C)cc(-c2nc3cc(C(C)(C)C)ccc3o2)c1. The molecule has 0 saturated carbocycles. The summed E-state index contributed by atoms with van der Waals surface area (Å²) in [5.41, 5.74) is 6.66. The van der Waals surface area contributed by atoms with Crippen molar-refractivity contribution in [3.8, 4) is 11.5 Å². The van der Waals surface area contributed by atoms with Gasteiger partial charge in [0.05, 0.1) is 0 Å². The number of rotatable bonds is 1. The Labute approximate surface area is 125 Å². The molecule has 2 nitrogen and oxygen atoms in total. The molecule has 0 aliphatic rings. The molecule has 0 N–H and O–H groups in total. The fourth-order valence-electron chi connectivity index (χ4n) is 2.62. The average Bonchev–Trinajstić information content (AvgIpc) is 2.79. The molecule has 2 heteroatoms. The van der Waals surface area contributed by atoms with E-state index in [-0.39, 0.29) is 5.41 Å². The van der Waals surface area contributed by atoms with E-state index in [9.17, 15) is 0 Å². The Morgan fingerprint density at radius 3 is 2.19 bits per heavy atom. The molecule has 108 valence electrons. The Morgan fingerprint density at radius 2 is 1.57 bits per heavy atom. The topological polar surface area (TPSA) is 26.0 Å². The summed E-state index contributed by atoms with van der Waals surface area (Å²) in [7, 11) is 0. The molecule has 2 aromatic carbocycles. The maximum Gasteiger partial charge on any atom is 0.227 e. The van der Waals surface area contributed by atoms with Crippen LogP contribution in [0.2, 0.25) is 0 Å². The van der Waals surface area contributed by atoms with Gasteiger partial charge in [-0.25, -0.2) is 4.98 Å². The zero-order valence-corrected chi connectivity index (χ0v) is 13.3. The predicted molar refractivity (Wildman–Crippen MR) is 87.6 cm³/mol. The smallest absolute Gasteiger partial charge is 0.227 e. The van der Waals surface area contributed by atoms with Crippen molar-refractivity contribution in [3.05, 3.63) is 53.1 Å². The van der Waals surface area contributed by atoms with E-state index < -0.39 is 0 Å². The third kappa shape index (κ3) is 2.71. The quantitative estimate of drug-likeness (QED) is 0.595. The third-order valence-electron chi connectivity index (χ3n) is 3.72. The van der Waals surface area contributed by atoms with Crippen molar-refractivity contribution >= 4 is 11.1 Å². The second-order valence-corrected chi connectivity index (χ2v) is 6.83. The molecule has 1 heterocycles. The Balaban J connectivity index is 2.13.